The molecule has 170 valence electrons. The number of halogens is 1. The van der Waals surface area contributed by atoms with Gasteiger partial charge in [-0.2, -0.15) is 5.10 Å². The van der Waals surface area contributed by atoms with E-state index in [1.807, 2.05) is 6.92 Å². The molecule has 0 radical (unpaired) electrons. The number of aryl methyl sites for hydroxylation is 1. The van der Waals surface area contributed by atoms with Crippen LogP contribution in [0.25, 0.3) is 33.1 Å². The highest BCUT2D eigenvalue weighted by atomic mass is 19.1. The Kier molecular flexibility index (Phi) is 5.41. The smallest absolute Gasteiger partial charge is 0.275 e. The molecule has 0 aliphatic rings. The molecule has 0 N–H and O–H groups in total. The summed E-state index contributed by atoms with van der Waals surface area (Å²) >= 11 is 0. The van der Waals surface area contributed by atoms with Crippen molar-refractivity contribution in [1.29, 1.82) is 0 Å². The molecule has 1 amide bonds. The van der Waals surface area contributed by atoms with Gasteiger partial charge in [-0.25, -0.2) is 14.1 Å². The number of hydrogen-bond donors (Lipinski definition) is 0. The van der Waals surface area contributed by atoms with Crippen LogP contribution in [0.4, 0.5) is 10.1 Å². The molecule has 0 aliphatic carbocycles. The fourth-order valence-corrected chi connectivity index (χ4v) is 4.10. The van der Waals surface area contributed by atoms with Crippen molar-refractivity contribution in [3.05, 3.63) is 88.8 Å². The molecular formula is C26H21FN4O3. The largest absolute Gasteiger partial charge is 0.441 e. The highest BCUT2D eigenvalue weighted by Gasteiger charge is 2.19. The number of amides is 1. The van der Waals surface area contributed by atoms with Crippen molar-refractivity contribution in [2.75, 3.05) is 11.4 Å². The van der Waals surface area contributed by atoms with Crippen LogP contribution in [-0.2, 0) is 11.3 Å². The molecule has 0 saturated carbocycles. The molecule has 5 aromatic rings. The molecule has 0 saturated heterocycles. The average molecular weight is 456 g/mol. The van der Waals surface area contributed by atoms with Crippen LogP contribution in [0.5, 0.6) is 0 Å². The van der Waals surface area contributed by atoms with Crippen LogP contribution in [-0.4, -0.2) is 27.2 Å². The first-order valence-corrected chi connectivity index (χ1v) is 10.9. The van der Waals surface area contributed by atoms with E-state index in [-0.39, 0.29) is 18.0 Å². The molecule has 7 nitrogen and oxygen atoms in total. The molecule has 2 aromatic heterocycles. The molecular weight excluding hydrogens is 435 g/mol. The zero-order valence-corrected chi connectivity index (χ0v) is 18.7. The summed E-state index contributed by atoms with van der Waals surface area (Å²) in [6, 6.07) is 18.3. The van der Waals surface area contributed by atoms with E-state index in [1.165, 1.54) is 12.1 Å². The number of oxazole rings is 1. The van der Waals surface area contributed by atoms with Gasteiger partial charge in [0.1, 0.15) is 17.9 Å². The number of rotatable bonds is 5. The van der Waals surface area contributed by atoms with Crippen molar-refractivity contribution < 1.29 is 13.6 Å². The van der Waals surface area contributed by atoms with Crippen LogP contribution < -0.4 is 10.5 Å². The topological polar surface area (TPSA) is 81.2 Å². The fraction of sp³-hybridized carbons (Fsp3) is 0.154. The van der Waals surface area contributed by atoms with Gasteiger partial charge in [0, 0.05) is 36.2 Å². The Morgan fingerprint density at radius 3 is 2.62 bits per heavy atom. The summed E-state index contributed by atoms with van der Waals surface area (Å²) in [5, 5.41) is 5.48. The number of hydrogen-bond acceptors (Lipinski definition) is 5. The van der Waals surface area contributed by atoms with Crippen molar-refractivity contribution >= 4 is 33.5 Å². The number of benzene rings is 3. The van der Waals surface area contributed by atoms with Crippen molar-refractivity contribution in [3.63, 3.8) is 0 Å². The Morgan fingerprint density at radius 1 is 1.06 bits per heavy atom. The van der Waals surface area contributed by atoms with Gasteiger partial charge in [0.2, 0.25) is 5.91 Å². The third-order valence-electron chi connectivity index (χ3n) is 5.66. The second-order valence-electron chi connectivity index (χ2n) is 7.89. The third kappa shape index (κ3) is 3.83. The van der Waals surface area contributed by atoms with Gasteiger partial charge in [-0.15, -0.1) is 0 Å². The Bertz CT molecular complexity index is 1610. The van der Waals surface area contributed by atoms with Gasteiger partial charge < -0.3 is 9.32 Å². The molecule has 0 atom stereocenters. The van der Waals surface area contributed by atoms with Gasteiger partial charge >= 0.3 is 0 Å². The Balaban J connectivity index is 1.56. The molecule has 0 fully saturated rings. The first-order chi connectivity index (χ1) is 16.4. The maximum atomic E-state index is 13.9. The van der Waals surface area contributed by atoms with Gasteiger partial charge in [0.15, 0.2) is 11.5 Å². The average Bonchev–Trinajstić information content (AvgIpc) is 3.21. The molecule has 34 heavy (non-hydrogen) atoms. The van der Waals surface area contributed by atoms with Crippen molar-refractivity contribution in [2.45, 2.75) is 20.4 Å². The summed E-state index contributed by atoms with van der Waals surface area (Å²) in [6.07, 6.45) is 0. The van der Waals surface area contributed by atoms with Gasteiger partial charge in [-0.3, -0.25) is 9.59 Å². The van der Waals surface area contributed by atoms with Gasteiger partial charge in [-0.05, 0) is 37.3 Å². The van der Waals surface area contributed by atoms with Gasteiger partial charge in [-0.1, -0.05) is 30.3 Å². The monoisotopic (exact) mass is 456 g/mol. The van der Waals surface area contributed by atoms with Crippen LogP contribution >= 0.6 is 0 Å². The highest BCUT2D eigenvalue weighted by molar-refractivity contribution is 5.96. The van der Waals surface area contributed by atoms with Gasteiger partial charge in [0.05, 0.1) is 11.1 Å². The standard InChI is InChI=1S/C26H21FN4O3/c1-3-30(19-11-12-22-23(14-19)34-16(2)28-22)24(32)15-31-26(33)21-10-5-4-9-20(21)25(29-31)17-7-6-8-18(27)13-17/h4-14H,3,15H2,1-2H3. The minimum Gasteiger partial charge on any atom is -0.441 e. The molecule has 0 bridgehead atoms. The minimum absolute atomic E-state index is 0.271. The van der Waals surface area contributed by atoms with Crippen LogP contribution in [0.15, 0.2) is 75.9 Å². The summed E-state index contributed by atoms with van der Waals surface area (Å²) in [4.78, 5) is 32.3. The van der Waals surface area contributed by atoms with E-state index in [0.717, 1.165) is 4.68 Å². The second-order valence-corrected chi connectivity index (χ2v) is 7.89. The number of nitrogens with zero attached hydrogens (tertiary/aromatic N) is 4. The fourth-order valence-electron chi connectivity index (χ4n) is 4.10. The summed E-state index contributed by atoms with van der Waals surface area (Å²) in [6.45, 7) is 3.72. The second kappa shape index (κ2) is 8.55. The predicted molar refractivity (Wildman–Crippen MR) is 128 cm³/mol. The number of aromatic nitrogens is 3. The molecule has 2 heterocycles. The third-order valence-corrected chi connectivity index (χ3v) is 5.66. The van der Waals surface area contributed by atoms with E-state index in [4.69, 9.17) is 4.42 Å². The van der Waals surface area contributed by atoms with Gasteiger partial charge in [0.25, 0.3) is 5.56 Å². The first kappa shape index (κ1) is 21.5. The number of likely N-dealkylation sites (N-methyl/N-ethyl adjacent to an activating group) is 1. The van der Waals surface area contributed by atoms with Crippen LogP contribution in [0.1, 0.15) is 12.8 Å². The quantitative estimate of drug-likeness (QED) is 0.383. The van der Waals surface area contributed by atoms with Crippen LogP contribution in [0.2, 0.25) is 0 Å². The predicted octanol–water partition coefficient (Wildman–Crippen LogP) is 4.71. The number of carbonyl (C=O) groups excluding carboxylic acids is 1. The highest BCUT2D eigenvalue weighted by Crippen LogP contribution is 2.26. The lowest BCUT2D eigenvalue weighted by Gasteiger charge is -2.21. The molecule has 0 unspecified atom stereocenters. The van der Waals surface area contributed by atoms with E-state index < -0.39 is 5.82 Å². The van der Waals surface area contributed by atoms with Crippen molar-refractivity contribution in [3.8, 4) is 11.3 Å². The Hall–Kier alpha value is -4.33. The summed E-state index contributed by atoms with van der Waals surface area (Å²) in [7, 11) is 0. The summed E-state index contributed by atoms with van der Waals surface area (Å²) in [5.41, 5.74) is 2.49. The SMILES string of the molecule is CCN(C(=O)Cn1nc(-c2cccc(F)c2)c2ccccc2c1=O)c1ccc2nc(C)oc2c1. The Labute approximate surface area is 194 Å². The Morgan fingerprint density at radius 2 is 1.85 bits per heavy atom. The molecule has 8 heteroatoms. The number of carbonyl (C=O) groups is 1. The van der Waals surface area contributed by atoms with Crippen LogP contribution in [0.3, 0.4) is 0 Å². The van der Waals surface area contributed by atoms with E-state index in [1.54, 1.807) is 66.4 Å². The lowest BCUT2D eigenvalue weighted by molar-refractivity contribution is -0.119. The number of anilines is 1. The van der Waals surface area contributed by atoms with Crippen molar-refractivity contribution in [1.82, 2.24) is 14.8 Å². The van der Waals surface area contributed by atoms with Crippen LogP contribution in [0, 0.1) is 12.7 Å². The maximum absolute atomic E-state index is 13.9. The van der Waals surface area contributed by atoms with Crippen molar-refractivity contribution in [2.24, 2.45) is 0 Å². The van der Waals surface area contributed by atoms with E-state index >= 15 is 0 Å². The van der Waals surface area contributed by atoms with E-state index in [0.29, 0.717) is 51.3 Å². The normalized spacial score (nSPS) is 11.3. The minimum atomic E-state index is -0.410. The summed E-state index contributed by atoms with van der Waals surface area (Å²) in [5.74, 6) is -0.182. The maximum Gasteiger partial charge on any atom is 0.275 e. The molecule has 0 spiro atoms. The van der Waals surface area contributed by atoms with E-state index in [2.05, 4.69) is 10.1 Å². The molecule has 3 aromatic carbocycles. The molecule has 0 aliphatic heterocycles. The zero-order valence-electron chi connectivity index (χ0n) is 18.7. The zero-order chi connectivity index (χ0) is 23.8. The first-order valence-electron chi connectivity index (χ1n) is 10.9. The lowest BCUT2D eigenvalue weighted by atomic mass is 10.0. The molecule has 5 rings (SSSR count). The summed E-state index contributed by atoms with van der Waals surface area (Å²) < 4.78 is 20.7. The van der Waals surface area contributed by atoms with E-state index in [9.17, 15) is 14.0 Å². The lowest BCUT2D eigenvalue weighted by Crippen LogP contribution is -2.37. The number of fused-ring (bicyclic) bond motifs is 2.